The number of hydrogen-bond donors (Lipinski definition) is 0. The van der Waals surface area contributed by atoms with Crippen LogP contribution < -0.4 is 0 Å². The van der Waals surface area contributed by atoms with E-state index in [4.69, 9.17) is 0 Å². The van der Waals surface area contributed by atoms with E-state index in [-0.39, 0.29) is 5.82 Å². The number of nitrogens with zero attached hydrogens (tertiary/aromatic N) is 2. The summed E-state index contributed by atoms with van der Waals surface area (Å²) in [7, 11) is 0. The van der Waals surface area contributed by atoms with Crippen LogP contribution in [0.3, 0.4) is 0 Å². The third-order valence-electron chi connectivity index (χ3n) is 4.49. The molecular formula is C17H23FN2O. The molecule has 1 amide bonds. The molecule has 0 aromatic heterocycles. The Morgan fingerprint density at radius 2 is 1.86 bits per heavy atom. The van der Waals surface area contributed by atoms with E-state index in [0.29, 0.717) is 11.8 Å². The lowest BCUT2D eigenvalue weighted by atomic mass is 10.1. The number of carbonyl (C=O) groups excluding carboxylic acids is 1. The molecule has 114 valence electrons. The Labute approximate surface area is 125 Å². The molecule has 0 N–H and O–H groups in total. The molecule has 0 radical (unpaired) electrons. The van der Waals surface area contributed by atoms with Crippen LogP contribution in [0.1, 0.15) is 24.8 Å². The maximum Gasteiger partial charge on any atom is 0.225 e. The Hall–Kier alpha value is -1.42. The first-order valence-corrected chi connectivity index (χ1v) is 7.98. The van der Waals surface area contributed by atoms with Gasteiger partial charge < -0.3 is 4.90 Å². The van der Waals surface area contributed by atoms with Crippen LogP contribution in [0.15, 0.2) is 24.3 Å². The van der Waals surface area contributed by atoms with Gasteiger partial charge in [0, 0.05) is 32.1 Å². The van der Waals surface area contributed by atoms with E-state index in [1.807, 2.05) is 17.0 Å². The summed E-state index contributed by atoms with van der Waals surface area (Å²) in [6.07, 6.45) is 3.93. The van der Waals surface area contributed by atoms with Gasteiger partial charge in [0.25, 0.3) is 0 Å². The van der Waals surface area contributed by atoms with E-state index >= 15 is 0 Å². The molecule has 1 saturated heterocycles. The number of halogens is 1. The van der Waals surface area contributed by atoms with Gasteiger partial charge in [-0.25, -0.2) is 4.39 Å². The number of benzene rings is 1. The quantitative estimate of drug-likeness (QED) is 0.831. The number of hydrogen-bond acceptors (Lipinski definition) is 2. The van der Waals surface area contributed by atoms with Gasteiger partial charge in [0.2, 0.25) is 5.91 Å². The predicted octanol–water partition coefficient (Wildman–Crippen LogP) is 2.31. The first-order valence-electron chi connectivity index (χ1n) is 7.98. The fourth-order valence-corrected chi connectivity index (χ4v) is 2.97. The van der Waals surface area contributed by atoms with Crippen LogP contribution in [0.5, 0.6) is 0 Å². The molecule has 3 rings (SSSR count). The lowest BCUT2D eigenvalue weighted by Gasteiger charge is -2.34. The Balaban J connectivity index is 1.37. The second-order valence-electron chi connectivity index (χ2n) is 6.14. The van der Waals surface area contributed by atoms with Gasteiger partial charge >= 0.3 is 0 Å². The van der Waals surface area contributed by atoms with E-state index < -0.39 is 0 Å². The molecule has 1 saturated carbocycles. The summed E-state index contributed by atoms with van der Waals surface area (Å²) < 4.78 is 13.5. The summed E-state index contributed by atoms with van der Waals surface area (Å²) in [4.78, 5) is 16.4. The Kier molecular flexibility index (Phi) is 4.54. The third-order valence-corrected chi connectivity index (χ3v) is 4.49. The first-order chi connectivity index (χ1) is 10.2. The zero-order chi connectivity index (χ0) is 14.7. The third kappa shape index (κ3) is 3.82. The van der Waals surface area contributed by atoms with Crippen molar-refractivity contribution in [2.45, 2.75) is 25.7 Å². The van der Waals surface area contributed by atoms with E-state index in [1.54, 1.807) is 6.07 Å². The number of carbonyl (C=O) groups is 1. The molecule has 1 aromatic rings. The van der Waals surface area contributed by atoms with Crippen molar-refractivity contribution in [2.75, 3.05) is 32.7 Å². The van der Waals surface area contributed by atoms with Crippen LogP contribution in [0.4, 0.5) is 4.39 Å². The topological polar surface area (TPSA) is 23.6 Å². The van der Waals surface area contributed by atoms with Crippen molar-refractivity contribution in [2.24, 2.45) is 5.92 Å². The van der Waals surface area contributed by atoms with Gasteiger partial charge in [0.1, 0.15) is 5.82 Å². The van der Waals surface area contributed by atoms with Gasteiger partial charge in [-0.3, -0.25) is 9.69 Å². The van der Waals surface area contributed by atoms with Crippen molar-refractivity contribution in [1.82, 2.24) is 9.80 Å². The number of aryl methyl sites for hydroxylation is 1. The molecule has 21 heavy (non-hydrogen) atoms. The van der Waals surface area contributed by atoms with Crippen molar-refractivity contribution >= 4 is 5.91 Å². The predicted molar refractivity (Wildman–Crippen MR) is 80.5 cm³/mol. The van der Waals surface area contributed by atoms with Crippen molar-refractivity contribution in [3.63, 3.8) is 0 Å². The second kappa shape index (κ2) is 6.56. The number of piperazine rings is 1. The maximum absolute atomic E-state index is 13.5. The van der Waals surface area contributed by atoms with E-state index in [0.717, 1.165) is 64.0 Å². The molecule has 0 spiro atoms. The Bertz CT molecular complexity index is 493. The summed E-state index contributed by atoms with van der Waals surface area (Å²) in [5.41, 5.74) is 0.806. The van der Waals surface area contributed by atoms with E-state index in [1.165, 1.54) is 6.07 Å². The number of amides is 1. The average Bonchev–Trinajstić information content (AvgIpc) is 3.34. The van der Waals surface area contributed by atoms with Gasteiger partial charge in [0.15, 0.2) is 0 Å². The molecule has 1 aliphatic heterocycles. The Morgan fingerprint density at radius 3 is 2.52 bits per heavy atom. The highest BCUT2D eigenvalue weighted by Crippen LogP contribution is 2.31. The summed E-state index contributed by atoms with van der Waals surface area (Å²) in [5, 5.41) is 0. The molecular weight excluding hydrogens is 267 g/mol. The minimum atomic E-state index is -0.0997. The van der Waals surface area contributed by atoms with Crippen molar-refractivity contribution < 1.29 is 9.18 Å². The van der Waals surface area contributed by atoms with Crippen LogP contribution in [0.25, 0.3) is 0 Å². The molecule has 0 bridgehead atoms. The van der Waals surface area contributed by atoms with Crippen molar-refractivity contribution in [1.29, 1.82) is 0 Å². The summed E-state index contributed by atoms with van der Waals surface area (Å²) in [6.45, 7) is 4.61. The minimum Gasteiger partial charge on any atom is -0.340 e. The summed E-state index contributed by atoms with van der Waals surface area (Å²) in [5.74, 6) is 0.593. The molecule has 0 unspecified atom stereocenters. The lowest BCUT2D eigenvalue weighted by molar-refractivity contribution is -0.134. The molecule has 1 aliphatic carbocycles. The second-order valence-corrected chi connectivity index (χ2v) is 6.14. The molecule has 2 fully saturated rings. The van der Waals surface area contributed by atoms with Gasteiger partial charge in [-0.15, -0.1) is 0 Å². The number of rotatable bonds is 5. The fourth-order valence-electron chi connectivity index (χ4n) is 2.97. The summed E-state index contributed by atoms with van der Waals surface area (Å²) in [6, 6.07) is 7.01. The van der Waals surface area contributed by atoms with Gasteiger partial charge in [-0.1, -0.05) is 18.2 Å². The SMILES string of the molecule is O=C(C1CC1)N1CCN(CCCc2ccccc2F)CC1. The Morgan fingerprint density at radius 1 is 1.14 bits per heavy atom. The van der Waals surface area contributed by atoms with Crippen molar-refractivity contribution in [3.05, 3.63) is 35.6 Å². The lowest BCUT2D eigenvalue weighted by Crippen LogP contribution is -2.49. The van der Waals surface area contributed by atoms with Crippen LogP contribution in [-0.2, 0) is 11.2 Å². The highest BCUT2D eigenvalue weighted by molar-refractivity contribution is 5.81. The standard InChI is InChI=1S/C17H23FN2O/c18-16-6-2-1-4-14(16)5-3-9-19-10-12-20(13-11-19)17(21)15-7-8-15/h1-2,4,6,15H,3,5,7-13H2. The minimum absolute atomic E-state index is 0.0997. The zero-order valence-corrected chi connectivity index (χ0v) is 12.4. The molecule has 4 heteroatoms. The fraction of sp³-hybridized carbons (Fsp3) is 0.588. The smallest absolute Gasteiger partial charge is 0.225 e. The highest BCUT2D eigenvalue weighted by Gasteiger charge is 2.34. The summed E-state index contributed by atoms with van der Waals surface area (Å²) >= 11 is 0. The highest BCUT2D eigenvalue weighted by atomic mass is 19.1. The molecule has 1 heterocycles. The van der Waals surface area contributed by atoms with E-state index in [9.17, 15) is 9.18 Å². The zero-order valence-electron chi connectivity index (χ0n) is 12.4. The van der Waals surface area contributed by atoms with Gasteiger partial charge in [-0.2, -0.15) is 0 Å². The normalized spacial score (nSPS) is 19.8. The first kappa shape index (κ1) is 14.5. The largest absolute Gasteiger partial charge is 0.340 e. The van der Waals surface area contributed by atoms with Crippen LogP contribution in [-0.4, -0.2) is 48.4 Å². The van der Waals surface area contributed by atoms with Crippen LogP contribution >= 0.6 is 0 Å². The average molecular weight is 290 g/mol. The van der Waals surface area contributed by atoms with Crippen LogP contribution in [0.2, 0.25) is 0 Å². The molecule has 2 aliphatic rings. The molecule has 3 nitrogen and oxygen atoms in total. The molecule has 1 aromatic carbocycles. The van der Waals surface area contributed by atoms with Gasteiger partial charge in [-0.05, 0) is 43.9 Å². The monoisotopic (exact) mass is 290 g/mol. The maximum atomic E-state index is 13.5. The van der Waals surface area contributed by atoms with Crippen molar-refractivity contribution in [3.8, 4) is 0 Å². The molecule has 0 atom stereocenters. The van der Waals surface area contributed by atoms with Crippen LogP contribution in [0, 0.1) is 11.7 Å². The van der Waals surface area contributed by atoms with E-state index in [2.05, 4.69) is 4.90 Å². The van der Waals surface area contributed by atoms with Gasteiger partial charge in [0.05, 0.1) is 0 Å².